The number of rotatable bonds is 5. The summed E-state index contributed by atoms with van der Waals surface area (Å²) in [6.45, 7) is 1.69. The second kappa shape index (κ2) is 6.06. The van der Waals surface area contributed by atoms with Crippen molar-refractivity contribution in [2.45, 2.75) is 12.0 Å². The highest BCUT2D eigenvalue weighted by molar-refractivity contribution is 5.88. The van der Waals surface area contributed by atoms with Crippen LogP contribution in [-0.4, -0.2) is 50.5 Å². The normalized spacial score (nSPS) is 21.7. The third-order valence-electron chi connectivity index (χ3n) is 3.40. The van der Waals surface area contributed by atoms with Crippen molar-refractivity contribution in [2.75, 3.05) is 45.0 Å². The fourth-order valence-electron chi connectivity index (χ4n) is 2.04. The summed E-state index contributed by atoms with van der Waals surface area (Å²) in [5.41, 5.74) is 6.14. The molecule has 20 heavy (non-hydrogen) atoms. The minimum absolute atomic E-state index is 0.207. The number of nitrogens with zero attached hydrogens (tertiary/aromatic N) is 1. The van der Waals surface area contributed by atoms with Crippen molar-refractivity contribution in [3.8, 4) is 0 Å². The number of anilines is 2. The Bertz CT molecular complexity index is 487. The molecule has 7 heteroatoms. The van der Waals surface area contributed by atoms with Crippen molar-refractivity contribution in [1.29, 1.82) is 0 Å². The van der Waals surface area contributed by atoms with E-state index in [0.717, 1.165) is 6.42 Å². The maximum absolute atomic E-state index is 11.5. The summed E-state index contributed by atoms with van der Waals surface area (Å²) >= 11 is 0. The van der Waals surface area contributed by atoms with E-state index < -0.39 is 5.97 Å². The zero-order chi connectivity index (χ0) is 14.6. The Labute approximate surface area is 117 Å². The molecule has 0 saturated carbocycles. The summed E-state index contributed by atoms with van der Waals surface area (Å²) < 4.78 is 15.5. The van der Waals surface area contributed by atoms with E-state index in [0.29, 0.717) is 31.3 Å². The van der Waals surface area contributed by atoms with Crippen LogP contribution in [-0.2, 0) is 14.2 Å². The molecule has 1 saturated heterocycles. The molecule has 2 heterocycles. The summed E-state index contributed by atoms with van der Waals surface area (Å²) in [4.78, 5) is 15.6. The predicted molar refractivity (Wildman–Crippen MR) is 73.7 cm³/mol. The molecule has 3 N–H and O–H groups in total. The van der Waals surface area contributed by atoms with Gasteiger partial charge in [-0.15, -0.1) is 0 Å². The minimum atomic E-state index is -0.501. The highest BCUT2D eigenvalue weighted by Gasteiger charge is 2.35. The molecule has 7 nitrogen and oxygen atoms in total. The number of esters is 1. The monoisotopic (exact) mass is 281 g/mol. The number of methoxy groups -OCH3 is 2. The first-order valence-electron chi connectivity index (χ1n) is 6.32. The van der Waals surface area contributed by atoms with E-state index in [2.05, 4.69) is 15.0 Å². The Kier molecular flexibility index (Phi) is 4.41. The van der Waals surface area contributed by atoms with Crippen molar-refractivity contribution in [3.63, 3.8) is 0 Å². The van der Waals surface area contributed by atoms with E-state index in [1.807, 2.05) is 0 Å². The molecule has 0 amide bonds. The Hall–Kier alpha value is -1.86. The lowest BCUT2D eigenvalue weighted by Gasteiger charge is -2.26. The van der Waals surface area contributed by atoms with Crippen LogP contribution in [0.5, 0.6) is 0 Å². The standard InChI is InChI=1S/C13H19N3O4/c1-18-12(17)10-4-3-9(14)11(16-10)15-7-13(19-2)5-6-20-8-13/h3-4H,5-8,14H2,1-2H3,(H,15,16). The van der Waals surface area contributed by atoms with Crippen molar-refractivity contribution >= 4 is 17.5 Å². The van der Waals surface area contributed by atoms with Gasteiger partial charge in [-0.25, -0.2) is 9.78 Å². The zero-order valence-electron chi connectivity index (χ0n) is 11.6. The van der Waals surface area contributed by atoms with E-state index >= 15 is 0 Å². The lowest BCUT2D eigenvalue weighted by atomic mass is 10.0. The average molecular weight is 281 g/mol. The smallest absolute Gasteiger partial charge is 0.356 e. The van der Waals surface area contributed by atoms with Crippen LogP contribution in [0.3, 0.4) is 0 Å². The average Bonchev–Trinajstić information content (AvgIpc) is 2.95. The van der Waals surface area contributed by atoms with Gasteiger partial charge in [0.1, 0.15) is 11.4 Å². The van der Waals surface area contributed by atoms with Crippen LogP contribution in [0.25, 0.3) is 0 Å². The number of hydrogen-bond acceptors (Lipinski definition) is 7. The van der Waals surface area contributed by atoms with Crippen LogP contribution in [0, 0.1) is 0 Å². The van der Waals surface area contributed by atoms with Gasteiger partial charge >= 0.3 is 5.97 Å². The SMILES string of the molecule is COC(=O)c1ccc(N)c(NCC2(OC)CCOC2)n1. The number of nitrogens with one attached hydrogen (secondary N) is 1. The van der Waals surface area contributed by atoms with Gasteiger partial charge in [0.15, 0.2) is 5.69 Å². The molecular formula is C13H19N3O4. The van der Waals surface area contributed by atoms with Crippen LogP contribution in [0.1, 0.15) is 16.9 Å². The van der Waals surface area contributed by atoms with E-state index in [9.17, 15) is 4.79 Å². The molecule has 0 aliphatic carbocycles. The number of nitrogen functional groups attached to an aromatic ring is 1. The van der Waals surface area contributed by atoms with E-state index in [4.69, 9.17) is 15.2 Å². The summed E-state index contributed by atoms with van der Waals surface area (Å²) in [7, 11) is 2.96. The molecule has 0 spiro atoms. The fraction of sp³-hybridized carbons (Fsp3) is 0.538. The topological polar surface area (TPSA) is 95.7 Å². The molecule has 1 unspecified atom stereocenters. The van der Waals surface area contributed by atoms with Crippen LogP contribution in [0.2, 0.25) is 0 Å². The van der Waals surface area contributed by atoms with Crippen molar-refractivity contribution < 1.29 is 19.0 Å². The molecule has 1 aliphatic heterocycles. The van der Waals surface area contributed by atoms with Crippen LogP contribution < -0.4 is 11.1 Å². The van der Waals surface area contributed by atoms with Gasteiger partial charge in [0, 0.05) is 26.7 Å². The lowest BCUT2D eigenvalue weighted by molar-refractivity contribution is -0.00624. The summed E-state index contributed by atoms with van der Waals surface area (Å²) in [5, 5.41) is 3.12. The van der Waals surface area contributed by atoms with Crippen LogP contribution in [0.4, 0.5) is 11.5 Å². The molecule has 1 aromatic rings. The number of nitrogens with two attached hydrogens (primary N) is 1. The second-order valence-electron chi connectivity index (χ2n) is 4.67. The first kappa shape index (κ1) is 14.5. The third kappa shape index (κ3) is 3.00. The highest BCUT2D eigenvalue weighted by Crippen LogP contribution is 2.24. The van der Waals surface area contributed by atoms with Gasteiger partial charge in [0.25, 0.3) is 0 Å². The van der Waals surface area contributed by atoms with Gasteiger partial charge in [0.05, 0.1) is 19.4 Å². The molecule has 0 aromatic carbocycles. The maximum Gasteiger partial charge on any atom is 0.356 e. The number of ether oxygens (including phenoxy) is 3. The molecule has 1 aromatic heterocycles. The Morgan fingerprint density at radius 2 is 2.35 bits per heavy atom. The van der Waals surface area contributed by atoms with Gasteiger partial charge in [-0.3, -0.25) is 0 Å². The van der Waals surface area contributed by atoms with Crippen LogP contribution in [0.15, 0.2) is 12.1 Å². The summed E-state index contributed by atoms with van der Waals surface area (Å²) in [6, 6.07) is 3.14. The quantitative estimate of drug-likeness (QED) is 0.766. The molecule has 0 bridgehead atoms. The summed E-state index contributed by atoms with van der Waals surface area (Å²) in [6.07, 6.45) is 0.799. The van der Waals surface area contributed by atoms with Crippen molar-refractivity contribution in [3.05, 3.63) is 17.8 Å². The highest BCUT2D eigenvalue weighted by atomic mass is 16.5. The minimum Gasteiger partial charge on any atom is -0.464 e. The van der Waals surface area contributed by atoms with E-state index in [1.54, 1.807) is 13.2 Å². The van der Waals surface area contributed by atoms with Gasteiger partial charge in [-0.2, -0.15) is 0 Å². The van der Waals surface area contributed by atoms with Gasteiger partial charge in [-0.1, -0.05) is 0 Å². The number of hydrogen-bond donors (Lipinski definition) is 2. The molecule has 0 radical (unpaired) electrons. The Morgan fingerprint density at radius 3 is 2.95 bits per heavy atom. The number of pyridine rings is 1. The van der Waals surface area contributed by atoms with Crippen molar-refractivity contribution in [1.82, 2.24) is 4.98 Å². The second-order valence-corrected chi connectivity index (χ2v) is 4.67. The zero-order valence-corrected chi connectivity index (χ0v) is 11.6. The maximum atomic E-state index is 11.5. The molecule has 1 aliphatic rings. The number of aromatic nitrogens is 1. The molecular weight excluding hydrogens is 262 g/mol. The molecule has 1 fully saturated rings. The first-order valence-corrected chi connectivity index (χ1v) is 6.32. The lowest BCUT2D eigenvalue weighted by Crippen LogP contribution is -2.39. The van der Waals surface area contributed by atoms with Gasteiger partial charge in [-0.05, 0) is 12.1 Å². The Morgan fingerprint density at radius 1 is 1.55 bits per heavy atom. The fourth-order valence-corrected chi connectivity index (χ4v) is 2.04. The van der Waals surface area contributed by atoms with Gasteiger partial charge in [0.2, 0.25) is 0 Å². The number of carbonyl (C=O) groups excluding carboxylic acids is 1. The predicted octanol–water partition coefficient (Wildman–Crippen LogP) is 0.668. The van der Waals surface area contributed by atoms with E-state index in [-0.39, 0.29) is 11.3 Å². The van der Waals surface area contributed by atoms with Gasteiger partial charge < -0.3 is 25.3 Å². The van der Waals surface area contributed by atoms with E-state index in [1.165, 1.54) is 13.2 Å². The first-order chi connectivity index (χ1) is 9.60. The molecule has 110 valence electrons. The van der Waals surface area contributed by atoms with Crippen LogP contribution >= 0.6 is 0 Å². The largest absolute Gasteiger partial charge is 0.464 e. The molecule has 1 atom stereocenters. The summed E-state index contributed by atoms with van der Waals surface area (Å²) in [5.74, 6) is -0.0603. The van der Waals surface area contributed by atoms with Crippen molar-refractivity contribution in [2.24, 2.45) is 0 Å². The Balaban J connectivity index is 2.10. The molecule has 2 rings (SSSR count). The number of carbonyl (C=O) groups is 1. The third-order valence-corrected chi connectivity index (χ3v) is 3.40.